The van der Waals surface area contributed by atoms with Gasteiger partial charge in [-0.05, 0) is 24.1 Å². The second kappa shape index (κ2) is 7.79. The van der Waals surface area contributed by atoms with Crippen molar-refractivity contribution in [1.82, 2.24) is 5.32 Å². The van der Waals surface area contributed by atoms with Gasteiger partial charge in [-0.1, -0.05) is 37.2 Å². The molecule has 5 nitrogen and oxygen atoms in total. The highest BCUT2D eigenvalue weighted by atomic mass is 35.5. The Bertz CT molecular complexity index is 652. The summed E-state index contributed by atoms with van der Waals surface area (Å²) in [4.78, 5) is 28.1. The summed E-state index contributed by atoms with van der Waals surface area (Å²) in [6.45, 7) is 4.68. The summed E-state index contributed by atoms with van der Waals surface area (Å²) in [6.07, 6.45) is 0.00614. The molecular formula is C15H17ClFN3O2S. The Morgan fingerprint density at radius 3 is 2.91 bits per heavy atom. The number of thioether (sulfide) groups is 1. The van der Waals surface area contributed by atoms with Crippen molar-refractivity contribution < 1.29 is 14.0 Å². The van der Waals surface area contributed by atoms with E-state index in [1.54, 1.807) is 0 Å². The molecule has 2 amide bonds. The Balaban J connectivity index is 1.91. The largest absolute Gasteiger partial charge is 0.326 e. The number of hydrogen-bond acceptors (Lipinski definition) is 4. The maximum Gasteiger partial charge on any atom is 0.240 e. The van der Waals surface area contributed by atoms with Crippen molar-refractivity contribution in [1.29, 1.82) is 0 Å². The molecule has 1 fully saturated rings. The van der Waals surface area contributed by atoms with E-state index in [0.717, 1.165) is 0 Å². The highest BCUT2D eigenvalue weighted by Gasteiger charge is 2.32. The zero-order chi connectivity index (χ0) is 17.0. The van der Waals surface area contributed by atoms with E-state index in [-0.39, 0.29) is 23.3 Å². The first-order valence-electron chi connectivity index (χ1n) is 7.12. The molecule has 0 saturated carbocycles. The van der Waals surface area contributed by atoms with E-state index in [1.165, 1.54) is 30.0 Å². The number of carbonyl (C=O) groups excluding carboxylic acids is 2. The average molecular weight is 358 g/mol. The van der Waals surface area contributed by atoms with Gasteiger partial charge in [0.05, 0.1) is 5.02 Å². The highest BCUT2D eigenvalue weighted by molar-refractivity contribution is 8.15. The molecule has 2 rings (SSSR count). The smallest absolute Gasteiger partial charge is 0.240 e. The van der Waals surface area contributed by atoms with Gasteiger partial charge in [0, 0.05) is 18.7 Å². The van der Waals surface area contributed by atoms with Crippen LogP contribution < -0.4 is 10.6 Å². The molecular weight excluding hydrogens is 341 g/mol. The third kappa shape index (κ3) is 5.21. The van der Waals surface area contributed by atoms with Crippen LogP contribution in [0.2, 0.25) is 5.02 Å². The lowest BCUT2D eigenvalue weighted by molar-refractivity contribution is -0.122. The predicted molar refractivity (Wildman–Crippen MR) is 91.3 cm³/mol. The highest BCUT2D eigenvalue weighted by Crippen LogP contribution is 2.24. The fourth-order valence-corrected chi connectivity index (χ4v) is 2.99. The van der Waals surface area contributed by atoms with Crippen LogP contribution in [0.1, 0.15) is 20.3 Å². The number of nitrogens with zero attached hydrogens (tertiary/aromatic N) is 1. The van der Waals surface area contributed by atoms with E-state index in [4.69, 9.17) is 11.6 Å². The molecule has 0 radical (unpaired) electrons. The molecule has 0 aromatic heterocycles. The lowest BCUT2D eigenvalue weighted by Gasteiger charge is -2.08. The van der Waals surface area contributed by atoms with E-state index >= 15 is 0 Å². The van der Waals surface area contributed by atoms with Gasteiger partial charge >= 0.3 is 0 Å². The minimum atomic E-state index is -0.554. The summed E-state index contributed by atoms with van der Waals surface area (Å²) in [5.41, 5.74) is 0.388. The van der Waals surface area contributed by atoms with Gasteiger partial charge < -0.3 is 10.6 Å². The van der Waals surface area contributed by atoms with E-state index in [0.29, 0.717) is 23.3 Å². The number of anilines is 1. The van der Waals surface area contributed by atoms with Crippen molar-refractivity contribution in [2.24, 2.45) is 10.9 Å². The number of carbonyl (C=O) groups is 2. The molecule has 8 heteroatoms. The number of halogens is 2. The predicted octanol–water partition coefficient (Wildman–Crippen LogP) is 3.05. The quantitative estimate of drug-likeness (QED) is 0.850. The number of benzene rings is 1. The summed E-state index contributed by atoms with van der Waals surface area (Å²) in [7, 11) is 0. The maximum atomic E-state index is 13.1. The molecule has 2 N–H and O–H groups in total. The minimum absolute atomic E-state index is 0.00614. The number of hydrogen-bond donors (Lipinski definition) is 2. The first-order chi connectivity index (χ1) is 10.8. The van der Waals surface area contributed by atoms with Crippen molar-refractivity contribution >= 4 is 46.0 Å². The summed E-state index contributed by atoms with van der Waals surface area (Å²) >= 11 is 6.91. The van der Waals surface area contributed by atoms with Crippen molar-refractivity contribution in [2.45, 2.75) is 25.5 Å². The fraction of sp³-hybridized carbons (Fsp3) is 0.400. The number of amides is 2. The van der Waals surface area contributed by atoms with Crippen LogP contribution in [-0.4, -0.2) is 28.8 Å². The summed E-state index contributed by atoms with van der Waals surface area (Å²) in [5.74, 6) is -0.734. The zero-order valence-electron chi connectivity index (χ0n) is 12.7. The standard InChI is InChI=1S/C15H17ClFN3O2S/c1-8(2)7-18-15-20-14(22)12(23-15)6-13(21)19-9-3-4-11(17)10(16)5-9/h3-5,8,12H,6-7H2,1-2H3,(H,19,21)(H,18,20,22). The monoisotopic (exact) mass is 357 g/mol. The van der Waals surface area contributed by atoms with Crippen LogP contribution in [0, 0.1) is 11.7 Å². The third-order valence-electron chi connectivity index (χ3n) is 2.95. The van der Waals surface area contributed by atoms with E-state index in [2.05, 4.69) is 15.6 Å². The van der Waals surface area contributed by atoms with Gasteiger partial charge in [-0.2, -0.15) is 0 Å². The van der Waals surface area contributed by atoms with Crippen LogP contribution in [0.5, 0.6) is 0 Å². The van der Waals surface area contributed by atoms with Gasteiger partial charge in [0.15, 0.2) is 5.17 Å². The molecule has 1 saturated heterocycles. The Morgan fingerprint density at radius 1 is 1.52 bits per heavy atom. The molecule has 1 heterocycles. The zero-order valence-corrected chi connectivity index (χ0v) is 14.3. The Kier molecular flexibility index (Phi) is 6.01. The minimum Gasteiger partial charge on any atom is -0.326 e. The Labute approximate surface area is 143 Å². The molecule has 1 aromatic rings. The van der Waals surface area contributed by atoms with E-state index in [1.807, 2.05) is 13.8 Å². The van der Waals surface area contributed by atoms with E-state index < -0.39 is 11.1 Å². The second-order valence-electron chi connectivity index (χ2n) is 5.52. The number of aliphatic imine (C=N–C) groups is 1. The Morgan fingerprint density at radius 2 is 2.26 bits per heavy atom. The fourth-order valence-electron chi connectivity index (χ4n) is 1.83. The summed E-state index contributed by atoms with van der Waals surface area (Å²) < 4.78 is 13.1. The molecule has 1 aromatic carbocycles. The lowest BCUT2D eigenvalue weighted by Crippen LogP contribution is -2.28. The van der Waals surface area contributed by atoms with Crippen LogP contribution in [0.4, 0.5) is 10.1 Å². The van der Waals surface area contributed by atoms with Crippen LogP contribution in [0.25, 0.3) is 0 Å². The van der Waals surface area contributed by atoms with Crippen LogP contribution in [-0.2, 0) is 9.59 Å². The molecule has 1 unspecified atom stereocenters. The van der Waals surface area contributed by atoms with Crippen molar-refractivity contribution in [3.8, 4) is 0 Å². The van der Waals surface area contributed by atoms with Gasteiger partial charge in [0.1, 0.15) is 11.1 Å². The van der Waals surface area contributed by atoms with Gasteiger partial charge in [-0.25, -0.2) is 4.39 Å². The summed E-state index contributed by atoms with van der Waals surface area (Å²) in [6, 6.07) is 3.91. The van der Waals surface area contributed by atoms with Crippen molar-refractivity contribution in [3.63, 3.8) is 0 Å². The molecule has 1 aliphatic rings. The number of nitrogens with one attached hydrogen (secondary N) is 2. The average Bonchev–Trinajstić information content (AvgIpc) is 2.81. The van der Waals surface area contributed by atoms with Crippen LogP contribution >= 0.6 is 23.4 Å². The van der Waals surface area contributed by atoms with Gasteiger partial charge in [0.25, 0.3) is 0 Å². The second-order valence-corrected chi connectivity index (χ2v) is 7.12. The van der Waals surface area contributed by atoms with Crippen molar-refractivity contribution in [2.75, 3.05) is 11.9 Å². The van der Waals surface area contributed by atoms with Gasteiger partial charge in [0.2, 0.25) is 11.8 Å². The topological polar surface area (TPSA) is 70.6 Å². The van der Waals surface area contributed by atoms with Gasteiger partial charge in [-0.15, -0.1) is 0 Å². The van der Waals surface area contributed by atoms with Crippen LogP contribution in [0.15, 0.2) is 23.2 Å². The first kappa shape index (κ1) is 17.7. The SMILES string of the molecule is CC(C)CN=C1NC(=O)C(CC(=O)Nc2ccc(F)c(Cl)c2)S1. The third-order valence-corrected chi connectivity index (χ3v) is 4.36. The molecule has 0 spiro atoms. The normalized spacial score (nSPS) is 19.3. The van der Waals surface area contributed by atoms with Crippen LogP contribution in [0.3, 0.4) is 0 Å². The van der Waals surface area contributed by atoms with E-state index in [9.17, 15) is 14.0 Å². The number of amidine groups is 1. The number of rotatable bonds is 5. The first-order valence-corrected chi connectivity index (χ1v) is 8.37. The molecule has 23 heavy (non-hydrogen) atoms. The summed E-state index contributed by atoms with van der Waals surface area (Å²) in [5, 5.41) is 5.23. The Hall–Kier alpha value is -1.60. The molecule has 1 atom stereocenters. The molecule has 0 aliphatic carbocycles. The maximum absolute atomic E-state index is 13.1. The van der Waals surface area contributed by atoms with Gasteiger partial charge in [-0.3, -0.25) is 14.6 Å². The van der Waals surface area contributed by atoms with Crippen molar-refractivity contribution in [3.05, 3.63) is 29.0 Å². The molecule has 0 bridgehead atoms. The molecule has 1 aliphatic heterocycles. The lowest BCUT2D eigenvalue weighted by atomic mass is 10.2. The molecule has 124 valence electrons.